The number of carbonyl (C=O) groups is 2. The van der Waals surface area contributed by atoms with E-state index in [0.717, 1.165) is 34.8 Å². The number of thiophene rings is 1. The van der Waals surface area contributed by atoms with Gasteiger partial charge in [0.05, 0.1) is 13.1 Å². The van der Waals surface area contributed by atoms with E-state index < -0.39 is 0 Å². The number of aryl methyl sites for hydroxylation is 1. The fourth-order valence-electron chi connectivity index (χ4n) is 2.81. The van der Waals surface area contributed by atoms with Crippen LogP contribution in [0.5, 0.6) is 0 Å². The van der Waals surface area contributed by atoms with E-state index in [9.17, 15) is 9.59 Å². The van der Waals surface area contributed by atoms with Crippen LogP contribution >= 0.6 is 11.3 Å². The van der Waals surface area contributed by atoms with Gasteiger partial charge in [0.25, 0.3) is 0 Å². The molecule has 126 valence electrons. The predicted octanol–water partition coefficient (Wildman–Crippen LogP) is 2.91. The molecule has 2 N–H and O–H groups in total. The van der Waals surface area contributed by atoms with Gasteiger partial charge in [-0.25, -0.2) is 0 Å². The Labute approximate surface area is 145 Å². The van der Waals surface area contributed by atoms with Gasteiger partial charge in [0, 0.05) is 29.2 Å². The van der Waals surface area contributed by atoms with Crippen LogP contribution in [0.15, 0.2) is 35.7 Å². The summed E-state index contributed by atoms with van der Waals surface area (Å²) in [5.74, 6) is 0.145. The smallest absolute Gasteiger partial charge is 0.239 e. The average Bonchev–Trinajstić information content (AvgIpc) is 3.23. The molecule has 1 aliphatic heterocycles. The summed E-state index contributed by atoms with van der Waals surface area (Å²) >= 11 is 1.63. The Balaban J connectivity index is 1.53. The molecule has 6 heteroatoms. The second kappa shape index (κ2) is 7.49. The quantitative estimate of drug-likeness (QED) is 0.848. The number of anilines is 2. The van der Waals surface area contributed by atoms with Crippen LogP contribution in [0, 0.1) is 6.92 Å². The predicted molar refractivity (Wildman–Crippen MR) is 97.4 cm³/mol. The van der Waals surface area contributed by atoms with Gasteiger partial charge in [-0.3, -0.25) is 9.59 Å². The number of rotatable bonds is 6. The number of amides is 2. The van der Waals surface area contributed by atoms with Crippen LogP contribution in [0.25, 0.3) is 0 Å². The molecule has 0 saturated carbocycles. The van der Waals surface area contributed by atoms with E-state index in [0.29, 0.717) is 13.0 Å². The molecular formula is C18H21N3O2S. The Hall–Kier alpha value is -2.34. The van der Waals surface area contributed by atoms with E-state index in [1.807, 2.05) is 47.5 Å². The molecule has 5 nitrogen and oxygen atoms in total. The molecule has 1 aromatic heterocycles. The standard InChI is InChI=1S/C18H21N3O2S/c1-13-10-14(6-7-16(13)21-8-2-5-18(21)23)19-12-17(22)20-11-15-4-3-9-24-15/h3-4,6-7,9-10,19H,2,5,8,11-12H2,1H3,(H,20,22). The van der Waals surface area contributed by atoms with Crippen LogP contribution in [0.4, 0.5) is 11.4 Å². The van der Waals surface area contributed by atoms with Crippen molar-refractivity contribution in [3.05, 3.63) is 46.2 Å². The van der Waals surface area contributed by atoms with Gasteiger partial charge in [0.1, 0.15) is 0 Å². The third kappa shape index (κ3) is 3.94. The highest BCUT2D eigenvalue weighted by molar-refractivity contribution is 7.09. The molecule has 0 aliphatic carbocycles. The number of benzene rings is 1. The maximum absolute atomic E-state index is 11.9. The summed E-state index contributed by atoms with van der Waals surface area (Å²) in [4.78, 5) is 26.7. The molecule has 0 atom stereocenters. The van der Waals surface area contributed by atoms with Crippen molar-refractivity contribution in [2.24, 2.45) is 0 Å². The van der Waals surface area contributed by atoms with Crippen LogP contribution in [0.1, 0.15) is 23.3 Å². The van der Waals surface area contributed by atoms with Gasteiger partial charge in [-0.05, 0) is 48.6 Å². The summed E-state index contributed by atoms with van der Waals surface area (Å²) in [6, 6.07) is 9.82. The Morgan fingerprint density at radius 3 is 2.88 bits per heavy atom. The summed E-state index contributed by atoms with van der Waals surface area (Å²) in [6.45, 7) is 3.57. The van der Waals surface area contributed by atoms with E-state index in [-0.39, 0.29) is 18.4 Å². The van der Waals surface area contributed by atoms with E-state index in [1.165, 1.54) is 0 Å². The lowest BCUT2D eigenvalue weighted by atomic mass is 10.1. The molecule has 0 radical (unpaired) electrons. The second-order valence-corrected chi connectivity index (χ2v) is 6.89. The van der Waals surface area contributed by atoms with Gasteiger partial charge >= 0.3 is 0 Å². The molecular weight excluding hydrogens is 322 g/mol. The number of nitrogens with one attached hydrogen (secondary N) is 2. The fraction of sp³-hybridized carbons (Fsp3) is 0.333. The topological polar surface area (TPSA) is 61.4 Å². The molecule has 24 heavy (non-hydrogen) atoms. The molecule has 3 rings (SSSR count). The molecule has 0 unspecified atom stereocenters. The zero-order valence-electron chi connectivity index (χ0n) is 13.7. The first kappa shape index (κ1) is 16.5. The first-order valence-electron chi connectivity index (χ1n) is 8.07. The molecule has 1 aromatic carbocycles. The molecule has 0 bridgehead atoms. The van der Waals surface area contributed by atoms with Crippen LogP contribution in [0.3, 0.4) is 0 Å². The normalized spacial score (nSPS) is 14.0. The van der Waals surface area contributed by atoms with Gasteiger partial charge in [0.15, 0.2) is 0 Å². The third-order valence-electron chi connectivity index (χ3n) is 4.05. The van der Waals surface area contributed by atoms with Gasteiger partial charge in [-0.15, -0.1) is 11.3 Å². The van der Waals surface area contributed by atoms with Crippen molar-refractivity contribution in [2.75, 3.05) is 23.3 Å². The average molecular weight is 343 g/mol. The first-order valence-corrected chi connectivity index (χ1v) is 8.95. The fourth-order valence-corrected chi connectivity index (χ4v) is 3.46. The van der Waals surface area contributed by atoms with Gasteiger partial charge in [-0.2, -0.15) is 0 Å². The van der Waals surface area contributed by atoms with Crippen molar-refractivity contribution in [1.29, 1.82) is 0 Å². The summed E-state index contributed by atoms with van der Waals surface area (Å²) < 4.78 is 0. The van der Waals surface area contributed by atoms with Crippen molar-refractivity contribution in [3.63, 3.8) is 0 Å². The Morgan fingerprint density at radius 1 is 1.33 bits per heavy atom. The summed E-state index contributed by atoms with van der Waals surface area (Å²) in [6.07, 6.45) is 1.55. The zero-order chi connectivity index (χ0) is 16.9. The van der Waals surface area contributed by atoms with Gasteiger partial charge < -0.3 is 15.5 Å². The minimum atomic E-state index is -0.0418. The van der Waals surface area contributed by atoms with Crippen molar-refractivity contribution >= 4 is 34.5 Å². The lowest BCUT2D eigenvalue weighted by Crippen LogP contribution is -2.29. The van der Waals surface area contributed by atoms with Gasteiger partial charge in [-0.1, -0.05) is 6.07 Å². The van der Waals surface area contributed by atoms with Gasteiger partial charge in [0.2, 0.25) is 11.8 Å². The minimum Gasteiger partial charge on any atom is -0.376 e. The highest BCUT2D eigenvalue weighted by Crippen LogP contribution is 2.27. The van der Waals surface area contributed by atoms with Crippen molar-refractivity contribution in [1.82, 2.24) is 5.32 Å². The molecule has 1 aliphatic rings. The van der Waals surface area contributed by atoms with Crippen LogP contribution < -0.4 is 15.5 Å². The Morgan fingerprint density at radius 2 is 2.21 bits per heavy atom. The largest absolute Gasteiger partial charge is 0.376 e. The van der Waals surface area contributed by atoms with Crippen molar-refractivity contribution in [3.8, 4) is 0 Å². The lowest BCUT2D eigenvalue weighted by molar-refractivity contribution is -0.119. The second-order valence-electron chi connectivity index (χ2n) is 5.86. The van der Waals surface area contributed by atoms with Crippen molar-refractivity contribution < 1.29 is 9.59 Å². The maximum Gasteiger partial charge on any atom is 0.239 e. The van der Waals surface area contributed by atoms with E-state index in [1.54, 1.807) is 11.3 Å². The number of hydrogen-bond donors (Lipinski definition) is 2. The summed E-state index contributed by atoms with van der Waals surface area (Å²) in [5.41, 5.74) is 2.88. The Bertz CT molecular complexity index is 728. The molecule has 2 aromatic rings. The Kier molecular flexibility index (Phi) is 5.15. The van der Waals surface area contributed by atoms with E-state index >= 15 is 0 Å². The van der Waals surface area contributed by atoms with Crippen LogP contribution in [0.2, 0.25) is 0 Å². The third-order valence-corrected chi connectivity index (χ3v) is 4.93. The molecule has 0 spiro atoms. The molecule has 1 saturated heterocycles. The van der Waals surface area contributed by atoms with Crippen LogP contribution in [-0.4, -0.2) is 24.9 Å². The molecule has 2 amide bonds. The van der Waals surface area contributed by atoms with E-state index in [2.05, 4.69) is 10.6 Å². The number of hydrogen-bond acceptors (Lipinski definition) is 4. The summed E-state index contributed by atoms with van der Waals surface area (Å²) in [7, 11) is 0. The summed E-state index contributed by atoms with van der Waals surface area (Å²) in [5, 5.41) is 8.02. The number of carbonyl (C=O) groups excluding carboxylic acids is 2. The minimum absolute atomic E-state index is 0.0418. The highest BCUT2D eigenvalue weighted by atomic mass is 32.1. The zero-order valence-corrected chi connectivity index (χ0v) is 14.5. The lowest BCUT2D eigenvalue weighted by Gasteiger charge is -2.19. The monoisotopic (exact) mass is 343 g/mol. The first-order chi connectivity index (χ1) is 11.6. The number of nitrogens with zero attached hydrogens (tertiary/aromatic N) is 1. The van der Waals surface area contributed by atoms with Crippen LogP contribution in [-0.2, 0) is 16.1 Å². The van der Waals surface area contributed by atoms with E-state index in [4.69, 9.17) is 0 Å². The molecule has 1 fully saturated rings. The maximum atomic E-state index is 11.9. The molecule has 2 heterocycles. The highest BCUT2D eigenvalue weighted by Gasteiger charge is 2.22. The van der Waals surface area contributed by atoms with Crippen molar-refractivity contribution in [2.45, 2.75) is 26.3 Å². The SMILES string of the molecule is Cc1cc(NCC(=O)NCc2cccs2)ccc1N1CCCC1=O.